The average Bonchev–Trinajstić information content (AvgIpc) is 2.39. The molecule has 5 heteroatoms. The lowest BCUT2D eigenvalue weighted by molar-refractivity contribution is -0.133. The van der Waals surface area contributed by atoms with Crippen LogP contribution < -0.4 is 0 Å². The molecular formula is C15H26O5. The van der Waals surface area contributed by atoms with Crippen molar-refractivity contribution in [3.05, 3.63) is 24.3 Å². The molecule has 0 aromatic heterocycles. The third-order valence-corrected chi connectivity index (χ3v) is 2.51. The smallest absolute Gasteiger partial charge is 0.330 e. The highest BCUT2D eigenvalue weighted by atomic mass is 16.5. The first-order valence-electron chi connectivity index (χ1n) is 6.67. The molecular weight excluding hydrogens is 260 g/mol. The fourth-order valence-corrected chi connectivity index (χ4v) is 1.23. The normalized spacial score (nSPS) is 9.30. The highest BCUT2D eigenvalue weighted by Crippen LogP contribution is 2.06. The lowest BCUT2D eigenvalue weighted by Gasteiger charge is -1.97. The Morgan fingerprint density at radius 1 is 0.950 bits per heavy atom. The third-order valence-electron chi connectivity index (χ3n) is 2.51. The van der Waals surface area contributed by atoms with Gasteiger partial charge in [-0.2, -0.15) is 0 Å². The number of unbranched alkanes of at least 4 members (excludes halogenated alkanes) is 2. The number of hydrogen-bond acceptors (Lipinski definition) is 3. The number of rotatable bonds is 10. The third kappa shape index (κ3) is 14.4. The van der Waals surface area contributed by atoms with Crippen LogP contribution >= 0.6 is 0 Å². The summed E-state index contributed by atoms with van der Waals surface area (Å²) in [6.45, 7) is 9.47. The van der Waals surface area contributed by atoms with Gasteiger partial charge in [0.15, 0.2) is 0 Å². The minimum atomic E-state index is -0.920. The Balaban J connectivity index is 0. The molecule has 0 aliphatic heterocycles. The summed E-state index contributed by atoms with van der Waals surface area (Å²) in [5, 5.41) is 16.7. The summed E-state index contributed by atoms with van der Waals surface area (Å²) < 4.78 is 4.74. The second kappa shape index (κ2) is 13.8. The SMILES string of the molecule is C=C(CCCCC)C(=O)O.C=C(CCCOC)C(=O)O. The van der Waals surface area contributed by atoms with Crippen LogP contribution in [0, 0.1) is 0 Å². The summed E-state index contributed by atoms with van der Waals surface area (Å²) in [5.74, 6) is -1.78. The zero-order valence-corrected chi connectivity index (χ0v) is 12.5. The van der Waals surface area contributed by atoms with Crippen molar-refractivity contribution < 1.29 is 24.5 Å². The van der Waals surface area contributed by atoms with E-state index in [0.29, 0.717) is 25.0 Å². The molecule has 0 radical (unpaired) electrons. The molecule has 0 saturated carbocycles. The maximum absolute atomic E-state index is 10.2. The van der Waals surface area contributed by atoms with Crippen LogP contribution in [-0.4, -0.2) is 35.9 Å². The van der Waals surface area contributed by atoms with Gasteiger partial charge in [0.2, 0.25) is 0 Å². The van der Waals surface area contributed by atoms with Crippen molar-refractivity contribution in [3.8, 4) is 0 Å². The molecule has 20 heavy (non-hydrogen) atoms. The van der Waals surface area contributed by atoms with E-state index in [2.05, 4.69) is 20.1 Å². The molecule has 0 atom stereocenters. The molecule has 0 heterocycles. The van der Waals surface area contributed by atoms with Crippen molar-refractivity contribution in [2.45, 2.75) is 45.4 Å². The van der Waals surface area contributed by atoms with Gasteiger partial charge in [0.1, 0.15) is 0 Å². The Hall–Kier alpha value is -1.62. The quantitative estimate of drug-likeness (QED) is 0.475. The molecule has 0 saturated heterocycles. The predicted molar refractivity (Wildman–Crippen MR) is 78.8 cm³/mol. The monoisotopic (exact) mass is 286 g/mol. The topological polar surface area (TPSA) is 83.8 Å². The molecule has 0 aromatic carbocycles. The van der Waals surface area contributed by atoms with Gasteiger partial charge in [-0.1, -0.05) is 32.9 Å². The molecule has 0 spiro atoms. The van der Waals surface area contributed by atoms with Gasteiger partial charge in [0.05, 0.1) is 0 Å². The zero-order valence-electron chi connectivity index (χ0n) is 12.5. The van der Waals surface area contributed by atoms with E-state index in [0.717, 1.165) is 25.7 Å². The van der Waals surface area contributed by atoms with E-state index in [4.69, 9.17) is 14.9 Å². The van der Waals surface area contributed by atoms with E-state index < -0.39 is 11.9 Å². The molecule has 2 N–H and O–H groups in total. The molecule has 0 unspecified atom stereocenters. The number of hydrogen-bond donors (Lipinski definition) is 2. The maximum Gasteiger partial charge on any atom is 0.330 e. The minimum Gasteiger partial charge on any atom is -0.478 e. The first-order valence-corrected chi connectivity index (χ1v) is 6.67. The summed E-state index contributed by atoms with van der Waals surface area (Å²) in [4.78, 5) is 20.3. The van der Waals surface area contributed by atoms with E-state index in [1.165, 1.54) is 0 Å². The van der Waals surface area contributed by atoms with Gasteiger partial charge in [-0.25, -0.2) is 9.59 Å². The van der Waals surface area contributed by atoms with Crippen LogP contribution in [0.25, 0.3) is 0 Å². The number of ether oxygens (including phenoxy) is 1. The van der Waals surface area contributed by atoms with Crippen LogP contribution in [0.3, 0.4) is 0 Å². The van der Waals surface area contributed by atoms with Crippen LogP contribution in [0.15, 0.2) is 24.3 Å². The highest BCUT2D eigenvalue weighted by molar-refractivity contribution is 5.85. The van der Waals surface area contributed by atoms with E-state index in [-0.39, 0.29) is 5.57 Å². The van der Waals surface area contributed by atoms with Gasteiger partial charge in [0, 0.05) is 24.9 Å². The molecule has 116 valence electrons. The van der Waals surface area contributed by atoms with Crippen LogP contribution in [0.4, 0.5) is 0 Å². The van der Waals surface area contributed by atoms with Gasteiger partial charge in [-0.05, 0) is 25.7 Å². The Morgan fingerprint density at radius 2 is 1.40 bits per heavy atom. The highest BCUT2D eigenvalue weighted by Gasteiger charge is 2.02. The van der Waals surface area contributed by atoms with Crippen LogP contribution in [-0.2, 0) is 14.3 Å². The van der Waals surface area contributed by atoms with Crippen molar-refractivity contribution in [1.29, 1.82) is 0 Å². The Morgan fingerprint density at radius 3 is 1.75 bits per heavy atom. The predicted octanol–water partition coefficient (Wildman–Crippen LogP) is 3.26. The first-order chi connectivity index (χ1) is 9.36. The molecule has 0 amide bonds. The van der Waals surface area contributed by atoms with E-state index in [1.807, 2.05) is 0 Å². The second-order valence-electron chi connectivity index (χ2n) is 4.37. The summed E-state index contributed by atoms with van der Waals surface area (Å²) in [6.07, 6.45) is 5.01. The zero-order chi connectivity index (χ0) is 16.0. The van der Waals surface area contributed by atoms with Gasteiger partial charge < -0.3 is 14.9 Å². The molecule has 0 aromatic rings. The number of aliphatic carboxylic acids is 2. The fourth-order valence-electron chi connectivity index (χ4n) is 1.23. The van der Waals surface area contributed by atoms with Crippen LogP contribution in [0.2, 0.25) is 0 Å². The number of carboxylic acid groups (broad SMARTS) is 2. The summed E-state index contributed by atoms with van der Waals surface area (Å²) in [5.41, 5.74) is 0.575. The lowest BCUT2D eigenvalue weighted by atomic mass is 10.1. The molecule has 0 aliphatic rings. The standard InChI is InChI=1S/C8H14O2.C7H12O3/c1-3-4-5-6-7(2)8(9)10;1-6(7(8)9)4-3-5-10-2/h2-6H2,1H3,(H,9,10);1,3-5H2,2H3,(H,8,9). The van der Waals surface area contributed by atoms with Gasteiger partial charge >= 0.3 is 11.9 Å². The fraction of sp³-hybridized carbons (Fsp3) is 0.600. The second-order valence-corrected chi connectivity index (χ2v) is 4.37. The number of carboxylic acids is 2. The summed E-state index contributed by atoms with van der Waals surface area (Å²) in [7, 11) is 1.59. The molecule has 0 aliphatic carbocycles. The summed E-state index contributed by atoms with van der Waals surface area (Å²) in [6, 6.07) is 0. The molecule has 5 nitrogen and oxygen atoms in total. The van der Waals surface area contributed by atoms with Crippen molar-refractivity contribution >= 4 is 11.9 Å². The molecule has 0 bridgehead atoms. The lowest BCUT2D eigenvalue weighted by Crippen LogP contribution is -2.00. The van der Waals surface area contributed by atoms with E-state index in [9.17, 15) is 9.59 Å². The first kappa shape index (κ1) is 20.7. The maximum atomic E-state index is 10.2. The summed E-state index contributed by atoms with van der Waals surface area (Å²) >= 11 is 0. The molecule has 0 fully saturated rings. The Labute approximate surface area is 121 Å². The number of carbonyl (C=O) groups is 2. The van der Waals surface area contributed by atoms with Crippen molar-refractivity contribution in [1.82, 2.24) is 0 Å². The van der Waals surface area contributed by atoms with E-state index >= 15 is 0 Å². The van der Waals surface area contributed by atoms with Crippen LogP contribution in [0.5, 0.6) is 0 Å². The minimum absolute atomic E-state index is 0.247. The largest absolute Gasteiger partial charge is 0.478 e. The number of methoxy groups -OCH3 is 1. The van der Waals surface area contributed by atoms with Gasteiger partial charge in [0.25, 0.3) is 0 Å². The van der Waals surface area contributed by atoms with Crippen molar-refractivity contribution in [2.75, 3.05) is 13.7 Å². The van der Waals surface area contributed by atoms with Gasteiger partial charge in [-0.3, -0.25) is 0 Å². The Kier molecular flexibility index (Phi) is 14.3. The molecule has 0 rings (SSSR count). The Bertz CT molecular complexity index is 288. The van der Waals surface area contributed by atoms with Crippen molar-refractivity contribution in [3.63, 3.8) is 0 Å². The van der Waals surface area contributed by atoms with E-state index in [1.54, 1.807) is 7.11 Å². The van der Waals surface area contributed by atoms with Gasteiger partial charge in [-0.15, -0.1) is 0 Å². The van der Waals surface area contributed by atoms with Crippen LogP contribution in [0.1, 0.15) is 45.4 Å². The van der Waals surface area contributed by atoms with Crippen molar-refractivity contribution in [2.24, 2.45) is 0 Å². The average molecular weight is 286 g/mol.